The van der Waals surface area contributed by atoms with Crippen molar-refractivity contribution in [2.24, 2.45) is 17.8 Å². The Morgan fingerprint density at radius 1 is 1.17 bits per heavy atom. The molecular formula is C11H21Br. The first kappa shape index (κ1) is 10.6. The van der Waals surface area contributed by atoms with Gasteiger partial charge < -0.3 is 0 Å². The van der Waals surface area contributed by atoms with Crippen LogP contribution < -0.4 is 0 Å². The average molecular weight is 233 g/mol. The lowest BCUT2D eigenvalue weighted by Gasteiger charge is -2.34. The zero-order chi connectivity index (χ0) is 9.14. The zero-order valence-electron chi connectivity index (χ0n) is 8.52. The molecule has 3 unspecified atom stereocenters. The van der Waals surface area contributed by atoms with E-state index in [2.05, 4.69) is 36.7 Å². The van der Waals surface area contributed by atoms with Crippen molar-refractivity contribution < 1.29 is 0 Å². The highest BCUT2D eigenvalue weighted by molar-refractivity contribution is 9.09. The molecule has 0 N–H and O–H groups in total. The summed E-state index contributed by atoms with van der Waals surface area (Å²) in [5, 5.41) is 0. The van der Waals surface area contributed by atoms with Crippen molar-refractivity contribution in [3.8, 4) is 0 Å². The van der Waals surface area contributed by atoms with Gasteiger partial charge >= 0.3 is 0 Å². The molecule has 0 nitrogen and oxygen atoms in total. The minimum absolute atomic E-state index is 0.743. The number of hydrogen-bond acceptors (Lipinski definition) is 0. The van der Waals surface area contributed by atoms with Crippen LogP contribution in [0.25, 0.3) is 0 Å². The van der Waals surface area contributed by atoms with Gasteiger partial charge in [-0.15, -0.1) is 0 Å². The van der Waals surface area contributed by atoms with Gasteiger partial charge in [-0.1, -0.05) is 56.0 Å². The standard InChI is InChI=1S/C11H21Br/c1-8(2)11(12)10-7-5-4-6-9(10)3/h8-11H,4-7H2,1-3H3. The fourth-order valence-corrected chi connectivity index (χ4v) is 3.10. The van der Waals surface area contributed by atoms with Gasteiger partial charge in [-0.2, -0.15) is 0 Å². The average Bonchev–Trinajstić information content (AvgIpc) is 2.04. The Morgan fingerprint density at radius 3 is 2.25 bits per heavy atom. The summed E-state index contributed by atoms with van der Waals surface area (Å²) in [4.78, 5) is 0.743. The number of rotatable bonds is 2. The molecule has 72 valence electrons. The third-order valence-corrected chi connectivity index (χ3v) is 4.96. The van der Waals surface area contributed by atoms with E-state index in [1.807, 2.05) is 0 Å². The number of halogens is 1. The molecule has 0 aliphatic heterocycles. The van der Waals surface area contributed by atoms with Crippen LogP contribution in [0.15, 0.2) is 0 Å². The molecule has 1 aliphatic rings. The van der Waals surface area contributed by atoms with Gasteiger partial charge in [0.15, 0.2) is 0 Å². The second kappa shape index (κ2) is 4.64. The molecule has 1 rings (SSSR count). The summed E-state index contributed by atoms with van der Waals surface area (Å²) >= 11 is 3.84. The fourth-order valence-electron chi connectivity index (χ4n) is 2.31. The molecule has 0 radical (unpaired) electrons. The summed E-state index contributed by atoms with van der Waals surface area (Å²) in [5.41, 5.74) is 0. The van der Waals surface area contributed by atoms with E-state index >= 15 is 0 Å². The molecule has 0 aromatic heterocycles. The van der Waals surface area contributed by atoms with Crippen LogP contribution in [0.3, 0.4) is 0 Å². The van der Waals surface area contributed by atoms with Gasteiger partial charge in [-0.05, 0) is 24.2 Å². The molecule has 0 aromatic carbocycles. The van der Waals surface area contributed by atoms with E-state index in [0.717, 1.165) is 22.6 Å². The van der Waals surface area contributed by atoms with Crippen molar-refractivity contribution in [1.82, 2.24) is 0 Å². The third kappa shape index (κ3) is 2.48. The van der Waals surface area contributed by atoms with Gasteiger partial charge in [0.05, 0.1) is 0 Å². The SMILES string of the molecule is CC(C)C(Br)C1CCCCC1C. The van der Waals surface area contributed by atoms with Crippen molar-refractivity contribution >= 4 is 15.9 Å². The normalized spacial score (nSPS) is 33.8. The molecule has 0 aromatic rings. The topological polar surface area (TPSA) is 0 Å². The predicted octanol–water partition coefficient (Wildman–Crippen LogP) is 4.23. The van der Waals surface area contributed by atoms with Crippen molar-refractivity contribution in [1.29, 1.82) is 0 Å². The molecule has 12 heavy (non-hydrogen) atoms. The van der Waals surface area contributed by atoms with Crippen molar-refractivity contribution in [2.45, 2.75) is 51.3 Å². The van der Waals surface area contributed by atoms with Gasteiger partial charge in [0.1, 0.15) is 0 Å². The summed E-state index contributed by atoms with van der Waals surface area (Å²) in [5.74, 6) is 2.65. The monoisotopic (exact) mass is 232 g/mol. The summed E-state index contributed by atoms with van der Waals surface area (Å²) in [6, 6.07) is 0. The van der Waals surface area contributed by atoms with Crippen LogP contribution >= 0.6 is 15.9 Å². The van der Waals surface area contributed by atoms with E-state index in [9.17, 15) is 0 Å². The predicted molar refractivity (Wildman–Crippen MR) is 58.7 cm³/mol. The smallest absolute Gasteiger partial charge is 0.0199 e. The summed E-state index contributed by atoms with van der Waals surface area (Å²) in [6.45, 7) is 7.06. The Morgan fingerprint density at radius 2 is 1.75 bits per heavy atom. The van der Waals surface area contributed by atoms with Crippen LogP contribution in [-0.2, 0) is 0 Å². The first-order valence-electron chi connectivity index (χ1n) is 5.27. The number of hydrogen-bond donors (Lipinski definition) is 0. The quantitative estimate of drug-likeness (QED) is 0.626. The van der Waals surface area contributed by atoms with E-state index < -0.39 is 0 Å². The summed E-state index contributed by atoms with van der Waals surface area (Å²) in [7, 11) is 0. The van der Waals surface area contributed by atoms with Crippen molar-refractivity contribution in [3.63, 3.8) is 0 Å². The van der Waals surface area contributed by atoms with Crippen LogP contribution in [0, 0.1) is 17.8 Å². The largest absolute Gasteiger partial charge is 0.0885 e. The van der Waals surface area contributed by atoms with Crippen LogP contribution in [0.5, 0.6) is 0 Å². The summed E-state index contributed by atoms with van der Waals surface area (Å²) in [6.07, 6.45) is 5.79. The Hall–Kier alpha value is 0.480. The highest BCUT2D eigenvalue weighted by Crippen LogP contribution is 2.37. The van der Waals surface area contributed by atoms with Crippen LogP contribution in [0.4, 0.5) is 0 Å². The highest BCUT2D eigenvalue weighted by atomic mass is 79.9. The molecule has 3 atom stereocenters. The Kier molecular flexibility index (Phi) is 4.09. The second-order valence-electron chi connectivity index (χ2n) is 4.61. The number of alkyl halides is 1. The lowest BCUT2D eigenvalue weighted by Crippen LogP contribution is -2.28. The molecular weight excluding hydrogens is 212 g/mol. The molecule has 1 aliphatic carbocycles. The van der Waals surface area contributed by atoms with Gasteiger partial charge in [-0.3, -0.25) is 0 Å². The van der Waals surface area contributed by atoms with Gasteiger partial charge in [0, 0.05) is 4.83 Å². The van der Waals surface area contributed by atoms with Gasteiger partial charge in [0.25, 0.3) is 0 Å². The third-order valence-electron chi connectivity index (χ3n) is 3.22. The highest BCUT2D eigenvalue weighted by Gasteiger charge is 2.28. The van der Waals surface area contributed by atoms with Crippen molar-refractivity contribution in [2.75, 3.05) is 0 Å². The minimum Gasteiger partial charge on any atom is -0.0885 e. The lowest BCUT2D eigenvalue weighted by molar-refractivity contribution is 0.232. The Labute approximate surface area is 85.3 Å². The minimum atomic E-state index is 0.743. The molecule has 1 heteroatoms. The van der Waals surface area contributed by atoms with Crippen LogP contribution in [0.2, 0.25) is 0 Å². The Balaban J connectivity index is 2.47. The second-order valence-corrected chi connectivity index (χ2v) is 5.67. The maximum absolute atomic E-state index is 3.84. The molecule has 0 heterocycles. The molecule has 1 saturated carbocycles. The van der Waals surface area contributed by atoms with E-state index in [4.69, 9.17) is 0 Å². The first-order valence-corrected chi connectivity index (χ1v) is 6.18. The molecule has 0 saturated heterocycles. The first-order chi connectivity index (χ1) is 5.63. The van der Waals surface area contributed by atoms with Crippen LogP contribution in [0.1, 0.15) is 46.5 Å². The molecule has 0 amide bonds. The zero-order valence-corrected chi connectivity index (χ0v) is 10.1. The molecule has 0 spiro atoms. The van der Waals surface area contributed by atoms with E-state index in [1.165, 1.54) is 25.7 Å². The lowest BCUT2D eigenvalue weighted by atomic mass is 9.76. The van der Waals surface area contributed by atoms with Crippen LogP contribution in [-0.4, -0.2) is 4.83 Å². The molecule has 1 fully saturated rings. The maximum Gasteiger partial charge on any atom is 0.0199 e. The summed E-state index contributed by atoms with van der Waals surface area (Å²) < 4.78 is 0. The van der Waals surface area contributed by atoms with E-state index in [-0.39, 0.29) is 0 Å². The fraction of sp³-hybridized carbons (Fsp3) is 1.00. The van der Waals surface area contributed by atoms with E-state index in [1.54, 1.807) is 0 Å². The molecule has 0 bridgehead atoms. The van der Waals surface area contributed by atoms with Crippen molar-refractivity contribution in [3.05, 3.63) is 0 Å². The van der Waals surface area contributed by atoms with E-state index in [0.29, 0.717) is 0 Å². The Bertz CT molecular complexity index is 131. The van der Waals surface area contributed by atoms with Gasteiger partial charge in [-0.25, -0.2) is 0 Å². The van der Waals surface area contributed by atoms with Gasteiger partial charge in [0.2, 0.25) is 0 Å². The maximum atomic E-state index is 3.84.